The van der Waals surface area contributed by atoms with E-state index in [1.165, 1.54) is 0 Å². The number of rotatable bonds is 5. The van der Waals surface area contributed by atoms with E-state index >= 15 is 0 Å². The van der Waals surface area contributed by atoms with Gasteiger partial charge in [0.1, 0.15) is 23.0 Å². The van der Waals surface area contributed by atoms with Crippen LogP contribution in [-0.4, -0.2) is 0 Å². The van der Waals surface area contributed by atoms with E-state index in [-0.39, 0.29) is 0 Å². The topological polar surface area (TPSA) is 123 Å². The molecule has 0 spiro atoms. The molecule has 0 aliphatic rings. The maximum absolute atomic E-state index is 5.83. The highest BCUT2D eigenvalue weighted by Gasteiger charge is 2.04. The molecule has 6 nitrogen and oxygen atoms in total. The molecule has 0 heterocycles. The molecule has 0 aliphatic heterocycles. The first kappa shape index (κ1) is 19.0. The highest BCUT2D eigenvalue weighted by Crippen LogP contribution is 2.31. The first-order valence-electron chi connectivity index (χ1n) is 9.34. The third-order valence-corrected chi connectivity index (χ3v) is 4.63. The highest BCUT2D eigenvalue weighted by atomic mass is 16.5. The minimum absolute atomic E-state index is 0.494. The molecule has 0 amide bonds. The summed E-state index contributed by atoms with van der Waals surface area (Å²) < 4.78 is 11.7. The number of nitrogens with two attached hydrogens (primary N) is 4. The Morgan fingerprint density at radius 3 is 1.03 bits per heavy atom. The number of hydrogen-bond acceptors (Lipinski definition) is 6. The van der Waals surface area contributed by atoms with E-state index in [4.69, 9.17) is 32.4 Å². The fraction of sp³-hybridized carbons (Fsp3) is 0. The zero-order chi connectivity index (χ0) is 21.1. The molecule has 8 N–H and O–H groups in total. The zero-order valence-corrected chi connectivity index (χ0v) is 16.2. The van der Waals surface area contributed by atoms with Crippen molar-refractivity contribution in [2.75, 3.05) is 22.9 Å². The summed E-state index contributed by atoms with van der Waals surface area (Å²) in [4.78, 5) is 0. The average molecular weight is 398 g/mol. The van der Waals surface area contributed by atoms with Crippen LogP contribution in [-0.2, 0) is 0 Å². The van der Waals surface area contributed by atoms with E-state index in [9.17, 15) is 0 Å². The van der Waals surface area contributed by atoms with Gasteiger partial charge in [0.05, 0.1) is 22.7 Å². The minimum Gasteiger partial charge on any atom is -0.457 e. The van der Waals surface area contributed by atoms with Crippen LogP contribution in [0, 0.1) is 0 Å². The Morgan fingerprint density at radius 2 is 0.700 bits per heavy atom. The summed E-state index contributed by atoms with van der Waals surface area (Å²) in [6, 6.07) is 26.0. The molecule has 0 aromatic heterocycles. The van der Waals surface area contributed by atoms with Gasteiger partial charge >= 0.3 is 0 Å². The summed E-state index contributed by atoms with van der Waals surface area (Å²) in [5, 5.41) is 0. The van der Waals surface area contributed by atoms with Crippen LogP contribution in [0.25, 0.3) is 11.1 Å². The second kappa shape index (κ2) is 7.97. The first-order chi connectivity index (χ1) is 14.5. The van der Waals surface area contributed by atoms with Gasteiger partial charge in [-0.2, -0.15) is 0 Å². The second-order valence-corrected chi connectivity index (χ2v) is 6.83. The van der Waals surface area contributed by atoms with Gasteiger partial charge in [0.25, 0.3) is 0 Å². The zero-order valence-electron chi connectivity index (χ0n) is 16.2. The summed E-state index contributed by atoms with van der Waals surface area (Å²) in [6.45, 7) is 0. The fourth-order valence-corrected chi connectivity index (χ4v) is 2.94. The van der Waals surface area contributed by atoms with Crippen molar-refractivity contribution in [3.63, 3.8) is 0 Å². The second-order valence-electron chi connectivity index (χ2n) is 6.83. The third-order valence-electron chi connectivity index (χ3n) is 4.63. The van der Waals surface area contributed by atoms with Crippen molar-refractivity contribution in [2.45, 2.75) is 0 Å². The minimum atomic E-state index is 0.494. The Balaban J connectivity index is 1.44. The molecule has 30 heavy (non-hydrogen) atoms. The van der Waals surface area contributed by atoms with Crippen LogP contribution < -0.4 is 32.4 Å². The lowest BCUT2D eigenvalue weighted by molar-refractivity contribution is 0.482. The molecule has 4 aromatic carbocycles. The van der Waals surface area contributed by atoms with Crippen molar-refractivity contribution in [2.24, 2.45) is 0 Å². The summed E-state index contributed by atoms with van der Waals surface area (Å²) in [7, 11) is 0. The molecule has 0 unspecified atom stereocenters. The van der Waals surface area contributed by atoms with E-state index in [2.05, 4.69) is 0 Å². The van der Waals surface area contributed by atoms with Crippen LogP contribution in [0.1, 0.15) is 0 Å². The molecular weight excluding hydrogens is 376 g/mol. The molecule has 0 saturated carbocycles. The molecule has 0 saturated heterocycles. The first-order valence-corrected chi connectivity index (χ1v) is 9.34. The van der Waals surface area contributed by atoms with Crippen LogP contribution in [0.2, 0.25) is 0 Å². The quantitative estimate of drug-likeness (QED) is 0.340. The van der Waals surface area contributed by atoms with Crippen molar-refractivity contribution in [1.82, 2.24) is 0 Å². The summed E-state index contributed by atoms with van der Waals surface area (Å²) >= 11 is 0. The number of ether oxygens (including phenoxy) is 2. The SMILES string of the molecule is Nc1ccc(Oc2ccc(-c3ccc(Oc4ccc(N)c(N)c4)cc3)cc2)cc1N. The lowest BCUT2D eigenvalue weighted by Crippen LogP contribution is -1.95. The summed E-state index contributed by atoms with van der Waals surface area (Å²) in [5.74, 6) is 2.70. The predicted molar refractivity (Wildman–Crippen MR) is 123 cm³/mol. The van der Waals surface area contributed by atoms with Crippen molar-refractivity contribution in [3.05, 3.63) is 84.9 Å². The molecule has 4 aromatic rings. The number of hydrogen-bond donors (Lipinski definition) is 4. The Labute approximate surface area is 174 Å². The third kappa shape index (κ3) is 4.23. The molecule has 0 aliphatic carbocycles. The van der Waals surface area contributed by atoms with Gasteiger partial charge in [-0.25, -0.2) is 0 Å². The predicted octanol–water partition coefficient (Wildman–Crippen LogP) is 5.27. The molecule has 0 bridgehead atoms. The fourth-order valence-electron chi connectivity index (χ4n) is 2.94. The number of benzene rings is 4. The van der Waals surface area contributed by atoms with Crippen LogP contribution in [0.4, 0.5) is 22.7 Å². The molecule has 4 rings (SSSR count). The standard InChI is InChI=1S/C24H22N4O2/c25-21-11-9-19(13-23(21)27)29-17-5-1-15(2-6-17)16-3-7-18(8-4-16)30-20-10-12-22(26)24(28)14-20/h1-14H,25-28H2. The van der Waals surface area contributed by atoms with Gasteiger partial charge in [0, 0.05) is 12.1 Å². The van der Waals surface area contributed by atoms with E-state index in [1.807, 2.05) is 48.5 Å². The number of anilines is 4. The monoisotopic (exact) mass is 398 g/mol. The normalized spacial score (nSPS) is 10.5. The van der Waals surface area contributed by atoms with Gasteiger partial charge in [-0.1, -0.05) is 24.3 Å². The van der Waals surface area contributed by atoms with Crippen LogP contribution in [0.5, 0.6) is 23.0 Å². The Morgan fingerprint density at radius 1 is 0.367 bits per heavy atom. The Hall–Kier alpha value is -4.32. The van der Waals surface area contributed by atoms with E-state index in [0.717, 1.165) is 11.1 Å². The molecular formula is C24H22N4O2. The van der Waals surface area contributed by atoms with Gasteiger partial charge < -0.3 is 32.4 Å². The smallest absolute Gasteiger partial charge is 0.129 e. The Kier molecular flexibility index (Phi) is 5.05. The maximum Gasteiger partial charge on any atom is 0.129 e. The van der Waals surface area contributed by atoms with Gasteiger partial charge in [0.2, 0.25) is 0 Å². The summed E-state index contributed by atoms with van der Waals surface area (Å²) in [6.07, 6.45) is 0. The average Bonchev–Trinajstić information content (AvgIpc) is 2.75. The van der Waals surface area contributed by atoms with Gasteiger partial charge in [-0.05, 0) is 59.7 Å². The molecule has 0 atom stereocenters. The lowest BCUT2D eigenvalue weighted by atomic mass is 10.1. The highest BCUT2D eigenvalue weighted by molar-refractivity contribution is 5.67. The van der Waals surface area contributed by atoms with Crippen LogP contribution in [0.15, 0.2) is 84.9 Å². The molecule has 0 radical (unpaired) electrons. The van der Waals surface area contributed by atoms with Crippen molar-refractivity contribution in [1.29, 1.82) is 0 Å². The maximum atomic E-state index is 5.83. The van der Waals surface area contributed by atoms with Gasteiger partial charge in [0.15, 0.2) is 0 Å². The molecule has 0 fully saturated rings. The van der Waals surface area contributed by atoms with E-state index in [0.29, 0.717) is 45.7 Å². The van der Waals surface area contributed by atoms with Gasteiger partial charge in [-0.15, -0.1) is 0 Å². The van der Waals surface area contributed by atoms with Crippen LogP contribution in [0.3, 0.4) is 0 Å². The molecule has 6 heteroatoms. The Bertz CT molecular complexity index is 1080. The van der Waals surface area contributed by atoms with E-state index in [1.54, 1.807) is 36.4 Å². The van der Waals surface area contributed by atoms with Gasteiger partial charge in [-0.3, -0.25) is 0 Å². The molecule has 150 valence electrons. The largest absolute Gasteiger partial charge is 0.457 e. The summed E-state index contributed by atoms with van der Waals surface area (Å²) in [5.41, 5.74) is 27.3. The van der Waals surface area contributed by atoms with Crippen molar-refractivity contribution < 1.29 is 9.47 Å². The van der Waals surface area contributed by atoms with Crippen LogP contribution >= 0.6 is 0 Å². The number of nitrogen functional groups attached to an aromatic ring is 4. The van der Waals surface area contributed by atoms with Crippen molar-refractivity contribution in [3.8, 4) is 34.1 Å². The van der Waals surface area contributed by atoms with Crippen molar-refractivity contribution >= 4 is 22.7 Å². The lowest BCUT2D eigenvalue weighted by Gasteiger charge is -2.10. The van der Waals surface area contributed by atoms with E-state index < -0.39 is 0 Å².